The maximum atomic E-state index is 5.81. The molecular formula is C11H12ClN3. The molecule has 3 nitrogen and oxygen atoms in total. The molecule has 78 valence electrons. The van der Waals surface area contributed by atoms with Gasteiger partial charge in [0.05, 0.1) is 6.54 Å². The van der Waals surface area contributed by atoms with Gasteiger partial charge in [0.2, 0.25) is 0 Å². The molecule has 0 aliphatic heterocycles. The van der Waals surface area contributed by atoms with Crippen LogP contribution in [0.25, 0.3) is 0 Å². The van der Waals surface area contributed by atoms with Gasteiger partial charge in [-0.1, -0.05) is 23.7 Å². The van der Waals surface area contributed by atoms with Crippen molar-refractivity contribution in [2.24, 2.45) is 0 Å². The smallest absolute Gasteiger partial charge is 0.147 e. The lowest BCUT2D eigenvalue weighted by Crippen LogP contribution is -2.00. The lowest BCUT2D eigenvalue weighted by molar-refractivity contribution is 0.689. The van der Waals surface area contributed by atoms with Crippen molar-refractivity contribution in [2.45, 2.75) is 6.54 Å². The Morgan fingerprint density at radius 3 is 2.60 bits per heavy atom. The summed E-state index contributed by atoms with van der Waals surface area (Å²) < 4.78 is 1.88. The van der Waals surface area contributed by atoms with E-state index in [-0.39, 0.29) is 0 Å². The number of hydrogen-bond acceptors (Lipinski definition) is 2. The quantitative estimate of drug-likeness (QED) is 0.864. The van der Waals surface area contributed by atoms with Gasteiger partial charge in [-0.15, -0.1) is 0 Å². The Balaban J connectivity index is 2.11. The number of anilines is 1. The van der Waals surface area contributed by atoms with Gasteiger partial charge in [0.25, 0.3) is 0 Å². The molecule has 4 heteroatoms. The highest BCUT2D eigenvalue weighted by Crippen LogP contribution is 2.11. The van der Waals surface area contributed by atoms with Crippen LogP contribution in [-0.2, 0) is 6.54 Å². The third-order valence-corrected chi connectivity index (χ3v) is 2.41. The molecule has 0 amide bonds. The van der Waals surface area contributed by atoms with Crippen LogP contribution in [0.4, 0.5) is 5.82 Å². The maximum absolute atomic E-state index is 5.81. The summed E-state index contributed by atoms with van der Waals surface area (Å²) in [5.74, 6) is 0.879. The van der Waals surface area contributed by atoms with Gasteiger partial charge < -0.3 is 5.32 Å². The van der Waals surface area contributed by atoms with Gasteiger partial charge in [0.1, 0.15) is 5.82 Å². The molecule has 0 radical (unpaired) electrons. The standard InChI is InChI=1S/C11H12ClN3/c1-13-11-6-7-15(14-11)8-9-2-4-10(12)5-3-9/h2-7H,8H2,1H3,(H,13,14). The summed E-state index contributed by atoms with van der Waals surface area (Å²) in [6, 6.07) is 9.72. The first kappa shape index (κ1) is 10.1. The number of halogens is 1. The molecule has 0 saturated heterocycles. The molecule has 1 aromatic carbocycles. The van der Waals surface area contributed by atoms with E-state index in [2.05, 4.69) is 10.4 Å². The molecule has 0 atom stereocenters. The van der Waals surface area contributed by atoms with Crippen LogP contribution in [0.1, 0.15) is 5.56 Å². The summed E-state index contributed by atoms with van der Waals surface area (Å²) >= 11 is 5.81. The maximum Gasteiger partial charge on any atom is 0.147 e. The van der Waals surface area contributed by atoms with Crippen molar-refractivity contribution in [1.29, 1.82) is 0 Å². The predicted molar refractivity (Wildman–Crippen MR) is 62.3 cm³/mol. The Kier molecular flexibility index (Phi) is 2.92. The summed E-state index contributed by atoms with van der Waals surface area (Å²) in [5, 5.41) is 8.07. The summed E-state index contributed by atoms with van der Waals surface area (Å²) in [6.45, 7) is 0.763. The van der Waals surface area contributed by atoms with E-state index in [1.807, 2.05) is 48.3 Å². The van der Waals surface area contributed by atoms with Gasteiger partial charge >= 0.3 is 0 Å². The molecule has 0 aliphatic carbocycles. The summed E-state index contributed by atoms with van der Waals surface area (Å²) in [5.41, 5.74) is 1.19. The number of aromatic nitrogens is 2. The molecule has 1 heterocycles. The van der Waals surface area contributed by atoms with Crippen molar-refractivity contribution >= 4 is 17.4 Å². The first-order valence-electron chi connectivity index (χ1n) is 4.73. The van der Waals surface area contributed by atoms with Crippen molar-refractivity contribution in [3.8, 4) is 0 Å². The fraction of sp³-hybridized carbons (Fsp3) is 0.182. The molecule has 2 aromatic rings. The minimum atomic E-state index is 0.759. The first-order valence-corrected chi connectivity index (χ1v) is 5.11. The van der Waals surface area contributed by atoms with E-state index in [1.54, 1.807) is 0 Å². The number of benzene rings is 1. The van der Waals surface area contributed by atoms with Crippen LogP contribution in [-0.4, -0.2) is 16.8 Å². The van der Waals surface area contributed by atoms with E-state index in [4.69, 9.17) is 11.6 Å². The molecule has 1 N–H and O–H groups in total. The highest BCUT2D eigenvalue weighted by molar-refractivity contribution is 6.30. The van der Waals surface area contributed by atoms with Gasteiger partial charge in [-0.3, -0.25) is 4.68 Å². The molecule has 0 aliphatic rings. The van der Waals surface area contributed by atoms with Gasteiger partial charge in [-0.25, -0.2) is 0 Å². The van der Waals surface area contributed by atoms with Crippen LogP contribution in [0.5, 0.6) is 0 Å². The third-order valence-electron chi connectivity index (χ3n) is 2.15. The van der Waals surface area contributed by atoms with Crippen LogP contribution in [0.15, 0.2) is 36.5 Å². The Hall–Kier alpha value is -1.48. The lowest BCUT2D eigenvalue weighted by Gasteiger charge is -2.01. The zero-order valence-corrected chi connectivity index (χ0v) is 9.20. The van der Waals surface area contributed by atoms with Crippen molar-refractivity contribution < 1.29 is 0 Å². The summed E-state index contributed by atoms with van der Waals surface area (Å²) in [7, 11) is 1.86. The molecule has 0 bridgehead atoms. The zero-order valence-electron chi connectivity index (χ0n) is 8.44. The Labute approximate surface area is 93.7 Å². The molecule has 2 rings (SSSR count). The van der Waals surface area contributed by atoms with Crippen molar-refractivity contribution in [3.05, 3.63) is 47.1 Å². The van der Waals surface area contributed by atoms with Crippen molar-refractivity contribution in [2.75, 3.05) is 12.4 Å². The number of hydrogen-bond donors (Lipinski definition) is 1. The highest BCUT2D eigenvalue weighted by Gasteiger charge is 1.98. The molecular weight excluding hydrogens is 210 g/mol. The second kappa shape index (κ2) is 4.36. The lowest BCUT2D eigenvalue weighted by atomic mass is 10.2. The largest absolute Gasteiger partial charge is 0.372 e. The van der Waals surface area contributed by atoms with Crippen LogP contribution >= 0.6 is 11.6 Å². The average molecular weight is 222 g/mol. The number of rotatable bonds is 3. The van der Waals surface area contributed by atoms with Crippen molar-refractivity contribution in [3.63, 3.8) is 0 Å². The highest BCUT2D eigenvalue weighted by atomic mass is 35.5. The Morgan fingerprint density at radius 1 is 1.27 bits per heavy atom. The fourth-order valence-corrected chi connectivity index (χ4v) is 1.49. The van der Waals surface area contributed by atoms with Gasteiger partial charge in [0, 0.05) is 24.3 Å². The Morgan fingerprint density at radius 2 is 2.00 bits per heavy atom. The average Bonchev–Trinajstić information content (AvgIpc) is 2.69. The third kappa shape index (κ3) is 2.50. The second-order valence-corrected chi connectivity index (χ2v) is 3.71. The molecule has 0 saturated carbocycles. The van der Waals surface area contributed by atoms with E-state index < -0.39 is 0 Å². The van der Waals surface area contributed by atoms with E-state index in [9.17, 15) is 0 Å². The number of nitrogens with zero attached hydrogens (tertiary/aromatic N) is 2. The van der Waals surface area contributed by atoms with E-state index in [0.29, 0.717) is 0 Å². The van der Waals surface area contributed by atoms with Gasteiger partial charge in [0.15, 0.2) is 0 Å². The monoisotopic (exact) mass is 221 g/mol. The first-order chi connectivity index (χ1) is 7.28. The summed E-state index contributed by atoms with van der Waals surface area (Å²) in [4.78, 5) is 0. The van der Waals surface area contributed by atoms with Crippen LogP contribution in [0.2, 0.25) is 5.02 Å². The second-order valence-electron chi connectivity index (χ2n) is 3.28. The molecule has 0 spiro atoms. The predicted octanol–water partition coefficient (Wildman–Crippen LogP) is 2.63. The minimum Gasteiger partial charge on any atom is -0.372 e. The normalized spacial score (nSPS) is 10.3. The molecule has 0 fully saturated rings. The van der Waals surface area contributed by atoms with E-state index in [0.717, 1.165) is 17.4 Å². The Bertz CT molecular complexity index is 433. The van der Waals surface area contributed by atoms with Crippen LogP contribution < -0.4 is 5.32 Å². The van der Waals surface area contributed by atoms with Crippen molar-refractivity contribution in [1.82, 2.24) is 9.78 Å². The fourth-order valence-electron chi connectivity index (χ4n) is 1.36. The molecule has 1 aromatic heterocycles. The topological polar surface area (TPSA) is 29.9 Å². The van der Waals surface area contributed by atoms with Gasteiger partial charge in [-0.05, 0) is 17.7 Å². The minimum absolute atomic E-state index is 0.759. The number of nitrogens with one attached hydrogen (secondary N) is 1. The van der Waals surface area contributed by atoms with E-state index in [1.165, 1.54) is 5.56 Å². The van der Waals surface area contributed by atoms with E-state index >= 15 is 0 Å². The molecule has 15 heavy (non-hydrogen) atoms. The van der Waals surface area contributed by atoms with Crippen LogP contribution in [0.3, 0.4) is 0 Å². The SMILES string of the molecule is CNc1ccn(Cc2ccc(Cl)cc2)n1. The zero-order chi connectivity index (χ0) is 10.7. The van der Waals surface area contributed by atoms with Crippen LogP contribution in [0, 0.1) is 0 Å². The van der Waals surface area contributed by atoms with Gasteiger partial charge in [-0.2, -0.15) is 5.10 Å². The summed E-state index contributed by atoms with van der Waals surface area (Å²) in [6.07, 6.45) is 1.94. The molecule has 0 unspecified atom stereocenters.